The summed E-state index contributed by atoms with van der Waals surface area (Å²) in [6.45, 7) is 7.34. The average Bonchev–Trinajstić information content (AvgIpc) is 2.18. The topological polar surface area (TPSA) is 29.3 Å². The second-order valence-corrected chi connectivity index (χ2v) is 4.34. The van der Waals surface area contributed by atoms with Gasteiger partial charge in [0.15, 0.2) is 0 Å². The van der Waals surface area contributed by atoms with Crippen molar-refractivity contribution < 1.29 is 0 Å². The number of hydrogen-bond acceptors (Lipinski definition) is 2. The standard InChI is InChI=1S/C12H24N2/c1-2-3-4-5-6-9-14-10-7-8-12(13)11-14/h2,12H,1,3-11,13H2. The zero-order chi connectivity index (χ0) is 10.2. The zero-order valence-corrected chi connectivity index (χ0v) is 9.25. The summed E-state index contributed by atoms with van der Waals surface area (Å²) in [5, 5.41) is 0. The molecular weight excluding hydrogens is 172 g/mol. The fourth-order valence-electron chi connectivity index (χ4n) is 2.10. The Morgan fingerprint density at radius 2 is 2.21 bits per heavy atom. The number of rotatable bonds is 6. The highest BCUT2D eigenvalue weighted by atomic mass is 15.1. The number of hydrogen-bond donors (Lipinski definition) is 1. The van der Waals surface area contributed by atoms with Crippen LogP contribution >= 0.6 is 0 Å². The van der Waals surface area contributed by atoms with Crippen molar-refractivity contribution in [1.82, 2.24) is 4.90 Å². The number of unbranched alkanes of at least 4 members (excludes halogenated alkanes) is 3. The van der Waals surface area contributed by atoms with Gasteiger partial charge in [0.25, 0.3) is 0 Å². The smallest absolute Gasteiger partial charge is 0.0168 e. The molecular formula is C12H24N2. The minimum Gasteiger partial charge on any atom is -0.327 e. The molecule has 0 aromatic carbocycles. The fraction of sp³-hybridized carbons (Fsp3) is 0.833. The molecule has 0 aromatic rings. The Hall–Kier alpha value is -0.340. The van der Waals surface area contributed by atoms with Crippen LogP contribution in [0.2, 0.25) is 0 Å². The summed E-state index contributed by atoms with van der Waals surface area (Å²) < 4.78 is 0. The first-order chi connectivity index (χ1) is 6.83. The molecule has 1 fully saturated rings. The summed E-state index contributed by atoms with van der Waals surface area (Å²) in [7, 11) is 0. The second-order valence-electron chi connectivity index (χ2n) is 4.34. The molecule has 14 heavy (non-hydrogen) atoms. The lowest BCUT2D eigenvalue weighted by Gasteiger charge is -2.30. The van der Waals surface area contributed by atoms with Crippen LogP contribution in [0.15, 0.2) is 12.7 Å². The average molecular weight is 196 g/mol. The van der Waals surface area contributed by atoms with Crippen molar-refractivity contribution in [3.8, 4) is 0 Å². The molecule has 1 unspecified atom stereocenters. The first kappa shape index (κ1) is 11.7. The summed E-state index contributed by atoms with van der Waals surface area (Å²) >= 11 is 0. The van der Waals surface area contributed by atoms with Crippen molar-refractivity contribution in [2.75, 3.05) is 19.6 Å². The van der Waals surface area contributed by atoms with Crippen molar-refractivity contribution in [3.63, 3.8) is 0 Å². The summed E-state index contributed by atoms with van der Waals surface area (Å²) in [5.74, 6) is 0. The summed E-state index contributed by atoms with van der Waals surface area (Å²) in [6, 6.07) is 0.428. The van der Waals surface area contributed by atoms with E-state index >= 15 is 0 Å². The highest BCUT2D eigenvalue weighted by Crippen LogP contribution is 2.10. The van der Waals surface area contributed by atoms with E-state index in [-0.39, 0.29) is 0 Å². The molecule has 2 nitrogen and oxygen atoms in total. The van der Waals surface area contributed by atoms with Crippen LogP contribution in [-0.4, -0.2) is 30.6 Å². The SMILES string of the molecule is C=CCCCCCN1CCCC(N)C1. The van der Waals surface area contributed by atoms with Gasteiger partial charge in [-0.25, -0.2) is 0 Å². The van der Waals surface area contributed by atoms with E-state index in [1.165, 1.54) is 51.6 Å². The van der Waals surface area contributed by atoms with Gasteiger partial charge in [0.1, 0.15) is 0 Å². The van der Waals surface area contributed by atoms with Crippen molar-refractivity contribution in [3.05, 3.63) is 12.7 Å². The van der Waals surface area contributed by atoms with Gasteiger partial charge in [-0.15, -0.1) is 6.58 Å². The Bertz CT molecular complexity index is 156. The molecule has 1 saturated heterocycles. The summed E-state index contributed by atoms with van der Waals surface area (Å²) in [5.41, 5.74) is 5.92. The largest absolute Gasteiger partial charge is 0.327 e. The second kappa shape index (κ2) is 7.02. The van der Waals surface area contributed by atoms with Crippen LogP contribution in [0, 0.1) is 0 Å². The first-order valence-electron chi connectivity index (χ1n) is 5.92. The predicted molar refractivity (Wildman–Crippen MR) is 62.3 cm³/mol. The number of likely N-dealkylation sites (tertiary alicyclic amines) is 1. The van der Waals surface area contributed by atoms with Gasteiger partial charge in [-0.3, -0.25) is 0 Å². The van der Waals surface area contributed by atoms with Gasteiger partial charge in [-0.05, 0) is 45.2 Å². The predicted octanol–water partition coefficient (Wildman–Crippen LogP) is 2.16. The highest BCUT2D eigenvalue weighted by molar-refractivity contribution is 4.74. The monoisotopic (exact) mass is 196 g/mol. The van der Waals surface area contributed by atoms with Gasteiger partial charge in [-0.1, -0.05) is 12.5 Å². The molecule has 2 N–H and O–H groups in total. The third-order valence-electron chi connectivity index (χ3n) is 2.92. The molecule has 1 rings (SSSR count). The van der Waals surface area contributed by atoms with Crippen LogP contribution in [0.4, 0.5) is 0 Å². The molecule has 0 spiro atoms. The third kappa shape index (κ3) is 4.77. The van der Waals surface area contributed by atoms with Crippen LogP contribution in [0.25, 0.3) is 0 Å². The van der Waals surface area contributed by atoms with E-state index in [2.05, 4.69) is 11.5 Å². The molecule has 2 heteroatoms. The Labute approximate surface area is 88.2 Å². The van der Waals surface area contributed by atoms with Gasteiger partial charge in [0.2, 0.25) is 0 Å². The maximum Gasteiger partial charge on any atom is 0.0168 e. The normalized spacial score (nSPS) is 23.6. The Morgan fingerprint density at radius 1 is 1.36 bits per heavy atom. The van der Waals surface area contributed by atoms with E-state index in [0.29, 0.717) is 6.04 Å². The minimum atomic E-state index is 0.428. The minimum absolute atomic E-state index is 0.428. The van der Waals surface area contributed by atoms with Crippen LogP contribution in [0.3, 0.4) is 0 Å². The molecule has 1 heterocycles. The van der Waals surface area contributed by atoms with E-state index < -0.39 is 0 Å². The van der Waals surface area contributed by atoms with Crippen LogP contribution in [0.1, 0.15) is 38.5 Å². The maximum atomic E-state index is 5.92. The summed E-state index contributed by atoms with van der Waals surface area (Å²) in [4.78, 5) is 2.52. The third-order valence-corrected chi connectivity index (χ3v) is 2.92. The molecule has 82 valence electrons. The van der Waals surface area contributed by atoms with Crippen LogP contribution in [-0.2, 0) is 0 Å². The molecule has 0 aromatic heterocycles. The van der Waals surface area contributed by atoms with Crippen molar-refractivity contribution in [1.29, 1.82) is 0 Å². The van der Waals surface area contributed by atoms with Gasteiger partial charge in [0, 0.05) is 12.6 Å². The number of nitrogens with two attached hydrogens (primary N) is 1. The highest BCUT2D eigenvalue weighted by Gasteiger charge is 2.15. The number of nitrogens with zero attached hydrogens (tertiary/aromatic N) is 1. The molecule has 1 aliphatic heterocycles. The van der Waals surface area contributed by atoms with Gasteiger partial charge in [0.05, 0.1) is 0 Å². The van der Waals surface area contributed by atoms with E-state index in [1.54, 1.807) is 0 Å². The van der Waals surface area contributed by atoms with E-state index in [0.717, 1.165) is 6.54 Å². The van der Waals surface area contributed by atoms with E-state index in [1.807, 2.05) is 6.08 Å². The molecule has 0 saturated carbocycles. The van der Waals surface area contributed by atoms with E-state index in [4.69, 9.17) is 5.73 Å². The lowest BCUT2D eigenvalue weighted by molar-refractivity contribution is 0.205. The quantitative estimate of drug-likeness (QED) is 0.521. The number of allylic oxidation sites excluding steroid dienone is 1. The Kier molecular flexibility index (Phi) is 5.88. The number of piperidine rings is 1. The van der Waals surface area contributed by atoms with Gasteiger partial charge < -0.3 is 10.6 Å². The van der Waals surface area contributed by atoms with Gasteiger partial charge >= 0.3 is 0 Å². The molecule has 0 aliphatic carbocycles. The van der Waals surface area contributed by atoms with E-state index in [9.17, 15) is 0 Å². The molecule has 0 radical (unpaired) electrons. The van der Waals surface area contributed by atoms with Crippen LogP contribution in [0.5, 0.6) is 0 Å². The van der Waals surface area contributed by atoms with Crippen molar-refractivity contribution >= 4 is 0 Å². The van der Waals surface area contributed by atoms with Crippen LogP contribution < -0.4 is 5.73 Å². The summed E-state index contributed by atoms with van der Waals surface area (Å²) in [6.07, 6.45) is 9.62. The van der Waals surface area contributed by atoms with Gasteiger partial charge in [-0.2, -0.15) is 0 Å². The van der Waals surface area contributed by atoms with Crippen molar-refractivity contribution in [2.24, 2.45) is 5.73 Å². The maximum absolute atomic E-state index is 5.92. The fourth-order valence-corrected chi connectivity index (χ4v) is 2.10. The molecule has 0 amide bonds. The first-order valence-corrected chi connectivity index (χ1v) is 5.92. The lowest BCUT2D eigenvalue weighted by atomic mass is 10.1. The molecule has 0 bridgehead atoms. The molecule has 1 atom stereocenters. The zero-order valence-electron chi connectivity index (χ0n) is 9.25. The Balaban J connectivity index is 1.97. The Morgan fingerprint density at radius 3 is 2.93 bits per heavy atom. The lowest BCUT2D eigenvalue weighted by Crippen LogP contribution is -2.43. The van der Waals surface area contributed by atoms with Crippen molar-refractivity contribution in [2.45, 2.75) is 44.6 Å². The molecule has 1 aliphatic rings.